The van der Waals surface area contributed by atoms with Crippen molar-refractivity contribution in [3.8, 4) is 0 Å². The van der Waals surface area contributed by atoms with Gasteiger partial charge in [-0.25, -0.2) is 4.79 Å². The molecule has 1 aromatic heterocycles. The minimum Gasteiger partial charge on any atom is -0.462 e. The number of hydrogen-bond acceptors (Lipinski definition) is 4. The first kappa shape index (κ1) is 22.5. The SMILES string of the molecule is CCOC(=O)c1c(NC(=O)[C@@H]([NH2+]CC[NH+](C)C)c2ccccc2)sc2c1CCCC2. The standard InChI is InChI=1S/C23H31N3O3S/c1-4-29-23(28)19-17-12-8-9-13-18(17)30-22(19)25-21(27)20(24-14-15-26(2)3)16-10-6-5-7-11-16/h5-7,10-11,20,24H,4,8-9,12-15H2,1-3H3,(H,25,27)/p+2/t20-/m0/s1. The molecule has 0 aliphatic heterocycles. The molecule has 1 aliphatic carbocycles. The van der Waals surface area contributed by atoms with Crippen LogP contribution in [0.25, 0.3) is 0 Å². The maximum absolute atomic E-state index is 13.3. The molecule has 0 unspecified atom stereocenters. The van der Waals surface area contributed by atoms with E-state index < -0.39 is 0 Å². The highest BCUT2D eigenvalue weighted by Crippen LogP contribution is 2.38. The number of esters is 1. The lowest BCUT2D eigenvalue weighted by molar-refractivity contribution is -0.876. The van der Waals surface area contributed by atoms with Gasteiger partial charge in [0.2, 0.25) is 0 Å². The van der Waals surface area contributed by atoms with Crippen molar-refractivity contribution in [3.63, 3.8) is 0 Å². The monoisotopic (exact) mass is 431 g/mol. The van der Waals surface area contributed by atoms with Crippen LogP contribution in [0.4, 0.5) is 5.00 Å². The van der Waals surface area contributed by atoms with Gasteiger partial charge in [0.1, 0.15) is 18.1 Å². The number of carbonyl (C=O) groups excluding carboxylic acids is 2. The molecule has 0 saturated carbocycles. The smallest absolute Gasteiger partial charge is 0.341 e. The molecular weight excluding hydrogens is 398 g/mol. The molecule has 1 atom stereocenters. The van der Waals surface area contributed by atoms with Crippen molar-refractivity contribution in [1.82, 2.24) is 0 Å². The van der Waals surface area contributed by atoms with Crippen molar-refractivity contribution in [2.75, 3.05) is 39.1 Å². The number of carbonyl (C=O) groups is 2. The van der Waals surface area contributed by atoms with Gasteiger partial charge in [-0.05, 0) is 38.2 Å². The Bertz CT molecular complexity index is 864. The van der Waals surface area contributed by atoms with Gasteiger partial charge in [-0.3, -0.25) is 4.79 Å². The summed E-state index contributed by atoms with van der Waals surface area (Å²) in [4.78, 5) is 28.6. The van der Waals surface area contributed by atoms with Gasteiger partial charge < -0.3 is 20.3 Å². The van der Waals surface area contributed by atoms with Crippen molar-refractivity contribution in [3.05, 3.63) is 51.9 Å². The highest BCUT2D eigenvalue weighted by Gasteiger charge is 2.30. The summed E-state index contributed by atoms with van der Waals surface area (Å²) in [5, 5.41) is 5.80. The molecule has 6 nitrogen and oxygen atoms in total. The first-order valence-electron chi connectivity index (χ1n) is 10.8. The van der Waals surface area contributed by atoms with E-state index >= 15 is 0 Å². The summed E-state index contributed by atoms with van der Waals surface area (Å²) in [6.07, 6.45) is 4.02. The average Bonchev–Trinajstić information content (AvgIpc) is 3.09. The van der Waals surface area contributed by atoms with Gasteiger partial charge in [0, 0.05) is 10.4 Å². The molecule has 0 saturated heterocycles. The van der Waals surface area contributed by atoms with E-state index in [4.69, 9.17) is 4.74 Å². The number of benzene rings is 1. The normalized spacial score (nSPS) is 14.3. The molecule has 3 rings (SSSR count). The van der Waals surface area contributed by atoms with Crippen LogP contribution in [0, 0.1) is 0 Å². The number of nitrogens with one attached hydrogen (secondary N) is 2. The van der Waals surface area contributed by atoms with Crippen molar-refractivity contribution in [2.45, 2.75) is 38.6 Å². The lowest BCUT2D eigenvalue weighted by Gasteiger charge is -2.17. The lowest BCUT2D eigenvalue weighted by atomic mass is 9.95. The van der Waals surface area contributed by atoms with E-state index in [-0.39, 0.29) is 17.9 Å². The molecule has 0 radical (unpaired) electrons. The third-order valence-electron chi connectivity index (χ3n) is 5.38. The maximum atomic E-state index is 13.3. The van der Waals surface area contributed by atoms with Gasteiger partial charge in [-0.2, -0.15) is 0 Å². The number of fused-ring (bicyclic) bond motifs is 1. The number of amides is 1. The molecule has 0 bridgehead atoms. The van der Waals surface area contributed by atoms with Gasteiger partial charge in [0.25, 0.3) is 5.91 Å². The number of hydrogen-bond donors (Lipinski definition) is 3. The summed E-state index contributed by atoms with van der Waals surface area (Å²) in [6.45, 7) is 3.92. The topological polar surface area (TPSA) is 76.4 Å². The summed E-state index contributed by atoms with van der Waals surface area (Å²) < 4.78 is 5.32. The van der Waals surface area contributed by atoms with Gasteiger partial charge in [-0.1, -0.05) is 30.3 Å². The molecule has 162 valence electrons. The van der Waals surface area contributed by atoms with Crippen LogP contribution in [-0.2, 0) is 22.4 Å². The molecule has 0 fully saturated rings. The Morgan fingerprint density at radius 2 is 1.93 bits per heavy atom. The Morgan fingerprint density at radius 3 is 2.63 bits per heavy atom. The first-order valence-corrected chi connectivity index (χ1v) is 11.6. The van der Waals surface area contributed by atoms with Crippen molar-refractivity contribution in [1.29, 1.82) is 0 Å². The summed E-state index contributed by atoms with van der Waals surface area (Å²) in [6, 6.07) is 9.46. The predicted molar refractivity (Wildman–Crippen MR) is 119 cm³/mol. The quantitative estimate of drug-likeness (QED) is 0.522. The van der Waals surface area contributed by atoms with Crippen LogP contribution in [0.5, 0.6) is 0 Å². The third-order valence-corrected chi connectivity index (χ3v) is 6.58. The summed E-state index contributed by atoms with van der Waals surface area (Å²) in [5.41, 5.74) is 2.59. The zero-order valence-corrected chi connectivity index (χ0v) is 18.9. The molecule has 1 heterocycles. The van der Waals surface area contributed by atoms with Crippen LogP contribution in [0.1, 0.15) is 52.2 Å². The Labute approximate surface area is 182 Å². The van der Waals surface area contributed by atoms with E-state index in [1.807, 2.05) is 37.3 Å². The second-order valence-electron chi connectivity index (χ2n) is 7.99. The summed E-state index contributed by atoms with van der Waals surface area (Å²) in [5.74, 6) is -0.428. The van der Waals surface area contributed by atoms with Crippen LogP contribution < -0.4 is 15.5 Å². The molecule has 2 aromatic rings. The van der Waals surface area contributed by atoms with Crippen LogP contribution in [0.15, 0.2) is 30.3 Å². The number of ether oxygens (including phenoxy) is 1. The number of quaternary nitrogens is 2. The maximum Gasteiger partial charge on any atom is 0.341 e. The van der Waals surface area contributed by atoms with Crippen LogP contribution >= 0.6 is 11.3 Å². The fourth-order valence-electron chi connectivity index (χ4n) is 3.86. The summed E-state index contributed by atoms with van der Waals surface area (Å²) >= 11 is 1.54. The Hall–Kier alpha value is -2.22. The zero-order valence-electron chi connectivity index (χ0n) is 18.1. The van der Waals surface area contributed by atoms with Gasteiger partial charge in [0.15, 0.2) is 6.04 Å². The van der Waals surface area contributed by atoms with Crippen LogP contribution in [0.2, 0.25) is 0 Å². The van der Waals surface area contributed by atoms with E-state index in [9.17, 15) is 9.59 Å². The molecule has 1 amide bonds. The summed E-state index contributed by atoms with van der Waals surface area (Å²) in [7, 11) is 4.21. The number of rotatable bonds is 9. The fourth-order valence-corrected chi connectivity index (χ4v) is 5.14. The highest BCUT2D eigenvalue weighted by molar-refractivity contribution is 7.17. The van der Waals surface area contributed by atoms with Gasteiger partial charge >= 0.3 is 5.97 Å². The van der Waals surface area contributed by atoms with Crippen molar-refractivity contribution >= 4 is 28.2 Å². The number of likely N-dealkylation sites (N-methyl/N-ethyl adjacent to an activating group) is 1. The molecule has 1 aliphatic rings. The van der Waals surface area contributed by atoms with Crippen molar-refractivity contribution < 1.29 is 24.5 Å². The number of nitrogens with two attached hydrogens (primary N) is 1. The van der Waals surface area contributed by atoms with E-state index in [0.29, 0.717) is 17.2 Å². The lowest BCUT2D eigenvalue weighted by Crippen LogP contribution is -3.09. The molecule has 0 spiro atoms. The van der Waals surface area contributed by atoms with E-state index in [2.05, 4.69) is 24.7 Å². The second-order valence-corrected chi connectivity index (χ2v) is 9.10. The zero-order chi connectivity index (χ0) is 21.5. The van der Waals surface area contributed by atoms with Crippen LogP contribution in [-0.4, -0.2) is 45.7 Å². The van der Waals surface area contributed by atoms with Gasteiger partial charge in [0.05, 0.1) is 26.3 Å². The van der Waals surface area contributed by atoms with E-state index in [0.717, 1.165) is 49.9 Å². The Kier molecular flexibility index (Phi) is 8.01. The first-order chi connectivity index (χ1) is 14.5. The number of aryl methyl sites for hydroxylation is 1. The third kappa shape index (κ3) is 5.47. The molecular formula is C23H33N3O3S+2. The Morgan fingerprint density at radius 1 is 1.20 bits per heavy atom. The second kappa shape index (κ2) is 10.7. The van der Waals surface area contributed by atoms with E-state index in [1.54, 1.807) is 0 Å². The minimum atomic E-state index is -0.361. The van der Waals surface area contributed by atoms with Gasteiger partial charge in [-0.15, -0.1) is 11.3 Å². The molecule has 7 heteroatoms. The predicted octanol–water partition coefficient (Wildman–Crippen LogP) is 1.19. The van der Waals surface area contributed by atoms with E-state index in [1.165, 1.54) is 21.1 Å². The van der Waals surface area contributed by atoms with Crippen LogP contribution in [0.3, 0.4) is 0 Å². The highest BCUT2D eigenvalue weighted by atomic mass is 32.1. The largest absolute Gasteiger partial charge is 0.462 e. The fraction of sp³-hybridized carbons (Fsp3) is 0.478. The number of thiophene rings is 1. The van der Waals surface area contributed by atoms with Crippen molar-refractivity contribution in [2.24, 2.45) is 0 Å². The number of anilines is 1. The molecule has 4 N–H and O–H groups in total. The molecule has 1 aromatic carbocycles. The average molecular weight is 432 g/mol. The Balaban J connectivity index is 1.86. The molecule has 30 heavy (non-hydrogen) atoms. The minimum absolute atomic E-state index is 0.0981.